The molecule has 0 spiro atoms. The molecule has 1 atom stereocenters. The van der Waals surface area contributed by atoms with Gasteiger partial charge in [0.15, 0.2) is 11.5 Å². The number of hydrogen-bond acceptors (Lipinski definition) is 7. The Morgan fingerprint density at radius 2 is 1.83 bits per heavy atom. The second-order valence-electron chi connectivity index (χ2n) is 6.54. The van der Waals surface area contributed by atoms with Crippen molar-refractivity contribution in [3.05, 3.63) is 77.5 Å². The molecule has 1 aromatic heterocycles. The molecule has 0 amide bonds. The van der Waals surface area contributed by atoms with Crippen LogP contribution in [0.5, 0.6) is 5.75 Å². The molecule has 30 heavy (non-hydrogen) atoms. The molecule has 0 saturated carbocycles. The van der Waals surface area contributed by atoms with Crippen LogP contribution in [0.2, 0.25) is 0 Å². The van der Waals surface area contributed by atoms with Gasteiger partial charge < -0.3 is 14.2 Å². The molecule has 0 aliphatic carbocycles. The van der Waals surface area contributed by atoms with Crippen LogP contribution in [0.25, 0.3) is 20.2 Å². The molecule has 2 aromatic carbocycles. The fraction of sp³-hybridized carbons (Fsp3) is 0.174. The normalized spacial score (nSPS) is 11.6. The maximum Gasteiger partial charge on any atom is 0.333 e. The summed E-state index contributed by atoms with van der Waals surface area (Å²) in [6.45, 7) is 8.11. The first-order chi connectivity index (χ1) is 14.4. The molecule has 6 nitrogen and oxygen atoms in total. The SMILES string of the molecule is C=CC(=O)OC(COC(=O)C(=C)C)COc1ccc2sc3ccccc3c(=O)c2c1. The highest BCUT2D eigenvalue weighted by Crippen LogP contribution is 2.27. The average Bonchev–Trinajstić information content (AvgIpc) is 2.75. The smallest absolute Gasteiger partial charge is 0.333 e. The predicted octanol–water partition coefficient (Wildman–Crippen LogP) is 4.01. The third-order valence-electron chi connectivity index (χ3n) is 4.18. The van der Waals surface area contributed by atoms with Crippen LogP contribution in [0.4, 0.5) is 0 Å². The van der Waals surface area contributed by atoms with Crippen LogP contribution in [0.15, 0.2) is 72.1 Å². The Morgan fingerprint density at radius 3 is 2.57 bits per heavy atom. The van der Waals surface area contributed by atoms with Crippen molar-refractivity contribution in [2.45, 2.75) is 13.0 Å². The Hall–Kier alpha value is -3.45. The largest absolute Gasteiger partial charge is 0.490 e. The third kappa shape index (κ3) is 4.93. The van der Waals surface area contributed by atoms with Gasteiger partial charge in [-0.15, -0.1) is 11.3 Å². The number of ether oxygens (including phenoxy) is 3. The molecule has 0 bridgehead atoms. The van der Waals surface area contributed by atoms with Crippen LogP contribution >= 0.6 is 11.3 Å². The second kappa shape index (κ2) is 9.37. The number of carbonyl (C=O) groups is 2. The van der Waals surface area contributed by atoms with E-state index in [0.717, 1.165) is 15.5 Å². The zero-order valence-electron chi connectivity index (χ0n) is 16.4. The van der Waals surface area contributed by atoms with Gasteiger partial charge in [-0.25, -0.2) is 9.59 Å². The van der Waals surface area contributed by atoms with Crippen LogP contribution in [0.1, 0.15) is 6.92 Å². The summed E-state index contributed by atoms with van der Waals surface area (Å²) in [6, 6.07) is 12.6. The summed E-state index contributed by atoms with van der Waals surface area (Å²) < 4.78 is 17.7. The molecular formula is C23H20O6S. The van der Waals surface area contributed by atoms with Gasteiger partial charge in [0.1, 0.15) is 19.0 Å². The first-order valence-corrected chi connectivity index (χ1v) is 9.94. The van der Waals surface area contributed by atoms with Gasteiger partial charge in [0.05, 0.1) is 0 Å². The van der Waals surface area contributed by atoms with Crippen molar-refractivity contribution in [3.63, 3.8) is 0 Å². The maximum atomic E-state index is 12.8. The van der Waals surface area contributed by atoms with E-state index in [1.54, 1.807) is 18.2 Å². The van der Waals surface area contributed by atoms with Crippen molar-refractivity contribution in [1.82, 2.24) is 0 Å². The topological polar surface area (TPSA) is 78.9 Å². The molecule has 7 heteroatoms. The first-order valence-electron chi connectivity index (χ1n) is 9.13. The molecule has 0 saturated heterocycles. The third-order valence-corrected chi connectivity index (χ3v) is 5.33. The van der Waals surface area contributed by atoms with Gasteiger partial charge >= 0.3 is 11.9 Å². The highest BCUT2D eigenvalue weighted by Gasteiger charge is 2.17. The second-order valence-corrected chi connectivity index (χ2v) is 7.62. The van der Waals surface area contributed by atoms with Crippen LogP contribution in [-0.4, -0.2) is 31.3 Å². The van der Waals surface area contributed by atoms with Gasteiger partial charge in [-0.2, -0.15) is 0 Å². The summed E-state index contributed by atoms with van der Waals surface area (Å²) in [5.41, 5.74) is 0.158. The standard InChI is InChI=1S/C23H20O6S/c1-4-21(24)29-16(13-28-23(26)14(2)3)12-27-15-9-10-20-18(11-15)22(25)17-7-5-6-8-19(17)30-20/h4-11,16H,1-2,12-13H2,3H3. The van der Waals surface area contributed by atoms with Gasteiger partial charge in [-0.05, 0) is 37.3 Å². The predicted molar refractivity (Wildman–Crippen MR) is 117 cm³/mol. The minimum atomic E-state index is -0.847. The molecule has 3 aromatic rings. The van der Waals surface area contributed by atoms with Gasteiger partial charge in [-0.1, -0.05) is 25.3 Å². The highest BCUT2D eigenvalue weighted by atomic mass is 32.1. The number of benzene rings is 2. The Morgan fingerprint density at radius 1 is 1.10 bits per heavy atom. The monoisotopic (exact) mass is 424 g/mol. The molecule has 0 radical (unpaired) electrons. The zero-order valence-corrected chi connectivity index (χ0v) is 17.2. The molecule has 0 N–H and O–H groups in total. The Bertz CT molecular complexity index is 1190. The Balaban J connectivity index is 1.79. The van der Waals surface area contributed by atoms with E-state index in [1.165, 1.54) is 18.3 Å². The van der Waals surface area contributed by atoms with Crippen molar-refractivity contribution in [1.29, 1.82) is 0 Å². The lowest BCUT2D eigenvalue weighted by atomic mass is 10.2. The number of hydrogen-bond donors (Lipinski definition) is 0. The van der Waals surface area contributed by atoms with Crippen molar-refractivity contribution < 1.29 is 23.8 Å². The lowest BCUT2D eigenvalue weighted by molar-refractivity contribution is -0.154. The quantitative estimate of drug-likeness (QED) is 0.309. The number of carbonyl (C=O) groups excluding carboxylic acids is 2. The lowest BCUT2D eigenvalue weighted by Crippen LogP contribution is -2.30. The summed E-state index contributed by atoms with van der Waals surface area (Å²) in [5.74, 6) is -0.818. The fourth-order valence-corrected chi connectivity index (χ4v) is 3.73. The minimum Gasteiger partial charge on any atom is -0.490 e. The summed E-state index contributed by atoms with van der Waals surface area (Å²) in [7, 11) is 0. The molecular weight excluding hydrogens is 404 g/mol. The van der Waals surface area contributed by atoms with E-state index in [-0.39, 0.29) is 24.2 Å². The number of rotatable bonds is 8. The molecule has 0 aliphatic heterocycles. The molecule has 0 fully saturated rings. The van der Waals surface area contributed by atoms with E-state index in [0.29, 0.717) is 16.5 Å². The lowest BCUT2D eigenvalue weighted by Gasteiger charge is -2.18. The van der Waals surface area contributed by atoms with E-state index in [1.807, 2.05) is 24.3 Å². The van der Waals surface area contributed by atoms with E-state index in [2.05, 4.69) is 13.2 Å². The first kappa shape index (κ1) is 21.3. The molecule has 1 heterocycles. The van der Waals surface area contributed by atoms with Gasteiger partial charge in [0.25, 0.3) is 0 Å². The minimum absolute atomic E-state index is 0.0697. The Labute approximate surface area is 177 Å². The highest BCUT2D eigenvalue weighted by molar-refractivity contribution is 7.24. The van der Waals surface area contributed by atoms with Gasteiger partial charge in [0.2, 0.25) is 0 Å². The van der Waals surface area contributed by atoms with Crippen molar-refractivity contribution in [2.75, 3.05) is 13.2 Å². The van der Waals surface area contributed by atoms with Crippen LogP contribution in [0.3, 0.4) is 0 Å². The Kier molecular flexibility index (Phi) is 6.64. The molecule has 1 unspecified atom stereocenters. The van der Waals surface area contributed by atoms with Crippen LogP contribution in [-0.2, 0) is 19.1 Å². The van der Waals surface area contributed by atoms with Crippen molar-refractivity contribution in [3.8, 4) is 5.75 Å². The summed E-state index contributed by atoms with van der Waals surface area (Å²) in [4.78, 5) is 36.0. The van der Waals surface area contributed by atoms with Crippen LogP contribution < -0.4 is 10.2 Å². The van der Waals surface area contributed by atoms with Gasteiger partial charge in [0, 0.05) is 31.8 Å². The number of esters is 2. The van der Waals surface area contributed by atoms with E-state index in [9.17, 15) is 14.4 Å². The summed E-state index contributed by atoms with van der Waals surface area (Å²) >= 11 is 1.52. The van der Waals surface area contributed by atoms with E-state index >= 15 is 0 Å². The molecule has 154 valence electrons. The summed E-state index contributed by atoms with van der Waals surface area (Å²) in [6.07, 6.45) is 0.167. The van der Waals surface area contributed by atoms with Crippen LogP contribution in [0, 0.1) is 0 Å². The van der Waals surface area contributed by atoms with Crippen molar-refractivity contribution >= 4 is 43.4 Å². The maximum absolute atomic E-state index is 12.8. The molecule has 3 rings (SSSR count). The van der Waals surface area contributed by atoms with Gasteiger partial charge in [-0.3, -0.25) is 4.79 Å². The van der Waals surface area contributed by atoms with Crippen molar-refractivity contribution in [2.24, 2.45) is 0 Å². The fourth-order valence-electron chi connectivity index (χ4n) is 2.68. The number of fused-ring (bicyclic) bond motifs is 2. The zero-order chi connectivity index (χ0) is 21.7. The average molecular weight is 424 g/mol. The molecule has 0 aliphatic rings. The van der Waals surface area contributed by atoms with E-state index in [4.69, 9.17) is 14.2 Å². The van der Waals surface area contributed by atoms with E-state index < -0.39 is 18.0 Å². The summed E-state index contributed by atoms with van der Waals surface area (Å²) in [5, 5.41) is 1.20.